The van der Waals surface area contributed by atoms with E-state index in [4.69, 9.17) is 9.47 Å². The van der Waals surface area contributed by atoms with Gasteiger partial charge < -0.3 is 9.47 Å². The number of halogens is 3. The minimum atomic E-state index is -3.48. The van der Waals surface area contributed by atoms with Crippen molar-refractivity contribution in [2.75, 3.05) is 13.7 Å². The first kappa shape index (κ1) is 12.7. The third-order valence-electron chi connectivity index (χ3n) is 2.05. The summed E-state index contributed by atoms with van der Waals surface area (Å²) in [6.45, 7) is -0.188. The second-order valence-electron chi connectivity index (χ2n) is 3.34. The van der Waals surface area contributed by atoms with Gasteiger partial charge in [0.05, 0.1) is 7.11 Å². The Kier molecular flexibility index (Phi) is 4.04. The van der Waals surface area contributed by atoms with Gasteiger partial charge in [-0.25, -0.2) is 4.39 Å². The number of alkyl halides is 3. The molecule has 1 atom stereocenters. The predicted molar refractivity (Wildman–Crippen MR) is 54.0 cm³/mol. The zero-order valence-corrected chi connectivity index (χ0v) is 9.04. The van der Waals surface area contributed by atoms with Crippen LogP contribution in [0.5, 0.6) is 11.5 Å². The van der Waals surface area contributed by atoms with Gasteiger partial charge in [-0.15, -0.1) is 0 Å². The van der Waals surface area contributed by atoms with E-state index in [-0.39, 0.29) is 5.75 Å². The minimum Gasteiger partial charge on any atom is -0.497 e. The number of methoxy groups -OCH3 is 1. The van der Waals surface area contributed by atoms with Crippen LogP contribution in [0.1, 0.15) is 6.92 Å². The molecule has 1 aromatic carbocycles. The quantitative estimate of drug-likeness (QED) is 0.779. The Morgan fingerprint density at radius 2 is 1.94 bits per heavy atom. The first-order chi connectivity index (χ1) is 7.45. The number of hydrogen-bond acceptors (Lipinski definition) is 2. The summed E-state index contributed by atoms with van der Waals surface area (Å²) in [5.74, 6) is -2.77. The summed E-state index contributed by atoms with van der Waals surface area (Å²) in [5, 5.41) is 0. The molecule has 0 N–H and O–H groups in total. The van der Waals surface area contributed by atoms with Gasteiger partial charge in [-0.2, -0.15) is 8.78 Å². The highest BCUT2D eigenvalue weighted by atomic mass is 19.3. The normalized spacial score (nSPS) is 13.3. The van der Waals surface area contributed by atoms with Crippen LogP contribution in [0.15, 0.2) is 24.3 Å². The maximum atomic E-state index is 12.9. The van der Waals surface area contributed by atoms with Crippen LogP contribution in [0.25, 0.3) is 0 Å². The lowest BCUT2D eigenvalue weighted by atomic mass is 10.2. The topological polar surface area (TPSA) is 18.5 Å². The smallest absolute Gasteiger partial charge is 0.311 e. The lowest BCUT2D eigenvalue weighted by Crippen LogP contribution is -2.34. The molecule has 2 nitrogen and oxygen atoms in total. The maximum Gasteiger partial charge on any atom is 0.311 e. The van der Waals surface area contributed by atoms with Gasteiger partial charge in [-0.05, 0) is 19.1 Å². The third-order valence-corrected chi connectivity index (χ3v) is 2.05. The fourth-order valence-corrected chi connectivity index (χ4v) is 0.985. The van der Waals surface area contributed by atoms with Gasteiger partial charge in [-0.3, -0.25) is 0 Å². The van der Waals surface area contributed by atoms with Crippen LogP contribution in [-0.2, 0) is 0 Å². The first-order valence-corrected chi connectivity index (χ1v) is 4.74. The highest BCUT2D eigenvalue weighted by Crippen LogP contribution is 2.24. The zero-order chi connectivity index (χ0) is 12.2. The van der Waals surface area contributed by atoms with Gasteiger partial charge in [0.1, 0.15) is 11.5 Å². The molecule has 16 heavy (non-hydrogen) atoms. The van der Waals surface area contributed by atoms with Gasteiger partial charge in [0.2, 0.25) is 0 Å². The Morgan fingerprint density at radius 3 is 2.50 bits per heavy atom. The van der Waals surface area contributed by atoms with E-state index in [0.29, 0.717) is 5.75 Å². The fraction of sp³-hybridized carbons (Fsp3) is 0.455. The summed E-state index contributed by atoms with van der Waals surface area (Å²) in [5.41, 5.74) is 0. The van der Waals surface area contributed by atoms with E-state index in [1.807, 2.05) is 0 Å². The van der Waals surface area contributed by atoms with Crippen molar-refractivity contribution in [3.05, 3.63) is 24.3 Å². The van der Waals surface area contributed by atoms with E-state index in [9.17, 15) is 13.2 Å². The Bertz CT molecular complexity index is 340. The number of ether oxygens (including phenoxy) is 2. The van der Waals surface area contributed by atoms with Gasteiger partial charge in [0.15, 0.2) is 12.8 Å². The molecule has 0 spiro atoms. The molecule has 0 saturated heterocycles. The van der Waals surface area contributed by atoms with Gasteiger partial charge in [-0.1, -0.05) is 6.07 Å². The standard InChI is InChI=1S/C11H13F3O2/c1-8(12)11(13,14)7-16-10-5-3-4-9(6-10)15-2/h3-6,8H,7H2,1-2H3. The number of hydrogen-bond donors (Lipinski definition) is 0. The molecule has 1 rings (SSSR count). The molecule has 0 heterocycles. The average molecular weight is 234 g/mol. The fourth-order valence-electron chi connectivity index (χ4n) is 0.985. The summed E-state index contributed by atoms with van der Waals surface area (Å²) < 4.78 is 47.9. The molecule has 0 fully saturated rings. The molecule has 1 aromatic rings. The molecule has 0 amide bonds. The molecule has 5 heteroatoms. The van der Waals surface area contributed by atoms with Gasteiger partial charge in [0.25, 0.3) is 0 Å². The van der Waals surface area contributed by atoms with Crippen molar-refractivity contribution in [3.63, 3.8) is 0 Å². The molecule has 90 valence electrons. The van der Waals surface area contributed by atoms with Crippen LogP contribution in [0, 0.1) is 0 Å². The van der Waals surface area contributed by atoms with Crippen molar-refractivity contribution in [2.24, 2.45) is 0 Å². The Morgan fingerprint density at radius 1 is 1.31 bits per heavy atom. The van der Waals surface area contributed by atoms with Crippen LogP contribution in [0.4, 0.5) is 13.2 Å². The Labute approximate surface area is 92.0 Å². The zero-order valence-electron chi connectivity index (χ0n) is 9.04. The second-order valence-corrected chi connectivity index (χ2v) is 3.34. The predicted octanol–water partition coefficient (Wildman–Crippen LogP) is 3.07. The molecule has 1 unspecified atom stereocenters. The summed E-state index contributed by atoms with van der Waals surface area (Å²) in [4.78, 5) is 0. The van der Waals surface area contributed by atoms with Crippen LogP contribution in [0.2, 0.25) is 0 Å². The van der Waals surface area contributed by atoms with E-state index in [1.165, 1.54) is 19.2 Å². The van der Waals surface area contributed by atoms with Crippen LogP contribution in [-0.4, -0.2) is 25.8 Å². The van der Waals surface area contributed by atoms with Gasteiger partial charge >= 0.3 is 5.92 Å². The first-order valence-electron chi connectivity index (χ1n) is 4.74. The van der Waals surface area contributed by atoms with Gasteiger partial charge in [0, 0.05) is 6.07 Å². The van der Waals surface area contributed by atoms with E-state index in [2.05, 4.69) is 0 Å². The summed E-state index contributed by atoms with van der Waals surface area (Å²) in [7, 11) is 1.46. The molecule has 0 aromatic heterocycles. The summed E-state index contributed by atoms with van der Waals surface area (Å²) in [6.07, 6.45) is -2.24. The molecular weight excluding hydrogens is 221 g/mol. The summed E-state index contributed by atoms with van der Waals surface area (Å²) >= 11 is 0. The van der Waals surface area contributed by atoms with E-state index < -0.39 is 18.7 Å². The van der Waals surface area contributed by atoms with Crippen molar-refractivity contribution in [3.8, 4) is 11.5 Å². The molecule has 0 aliphatic rings. The number of rotatable bonds is 5. The Hall–Kier alpha value is -1.39. The monoisotopic (exact) mass is 234 g/mol. The van der Waals surface area contributed by atoms with E-state index >= 15 is 0 Å². The average Bonchev–Trinajstić information content (AvgIpc) is 2.26. The number of benzene rings is 1. The van der Waals surface area contributed by atoms with Crippen molar-refractivity contribution >= 4 is 0 Å². The molecule has 0 saturated carbocycles. The molecule has 0 aliphatic carbocycles. The molecular formula is C11H13F3O2. The molecule has 0 bridgehead atoms. The van der Waals surface area contributed by atoms with Crippen molar-refractivity contribution < 1.29 is 22.6 Å². The van der Waals surface area contributed by atoms with Crippen LogP contribution >= 0.6 is 0 Å². The summed E-state index contributed by atoms with van der Waals surface area (Å²) in [6, 6.07) is 6.22. The van der Waals surface area contributed by atoms with E-state index in [1.54, 1.807) is 12.1 Å². The molecule has 0 radical (unpaired) electrons. The van der Waals surface area contributed by atoms with Crippen molar-refractivity contribution in [1.29, 1.82) is 0 Å². The lowest BCUT2D eigenvalue weighted by molar-refractivity contribution is -0.0941. The van der Waals surface area contributed by atoms with Crippen LogP contribution < -0.4 is 9.47 Å². The highest BCUT2D eigenvalue weighted by molar-refractivity contribution is 5.32. The highest BCUT2D eigenvalue weighted by Gasteiger charge is 2.37. The third kappa shape index (κ3) is 3.32. The van der Waals surface area contributed by atoms with Crippen molar-refractivity contribution in [1.82, 2.24) is 0 Å². The minimum absolute atomic E-state index is 0.222. The van der Waals surface area contributed by atoms with E-state index in [0.717, 1.165) is 6.92 Å². The maximum absolute atomic E-state index is 12.9. The largest absolute Gasteiger partial charge is 0.497 e. The lowest BCUT2D eigenvalue weighted by Gasteiger charge is -2.18. The Balaban J connectivity index is 2.60. The second kappa shape index (κ2) is 5.09. The van der Waals surface area contributed by atoms with Crippen molar-refractivity contribution in [2.45, 2.75) is 19.0 Å². The SMILES string of the molecule is COc1cccc(OCC(F)(F)C(C)F)c1. The van der Waals surface area contributed by atoms with Crippen LogP contribution in [0.3, 0.4) is 0 Å². The molecule has 0 aliphatic heterocycles.